The Labute approximate surface area is 83.6 Å². The Bertz CT molecular complexity index is 310. The minimum Gasteiger partial charge on any atom is -0.497 e. The van der Waals surface area contributed by atoms with Crippen LogP contribution in [-0.4, -0.2) is 7.11 Å². The number of hydrogen-bond donors (Lipinski definition) is 1. The van der Waals surface area contributed by atoms with Gasteiger partial charge in [-0.3, -0.25) is 0 Å². The Morgan fingerprint density at radius 1 is 1.46 bits per heavy atom. The van der Waals surface area contributed by atoms with E-state index in [0.717, 1.165) is 16.9 Å². The molecule has 2 N–H and O–H groups in total. The van der Waals surface area contributed by atoms with Gasteiger partial charge in [0.05, 0.1) is 7.11 Å². The van der Waals surface area contributed by atoms with E-state index in [4.69, 9.17) is 22.1 Å². The van der Waals surface area contributed by atoms with E-state index in [2.05, 4.69) is 0 Å². The molecule has 1 aromatic rings. The molecule has 0 aliphatic heterocycles. The van der Waals surface area contributed by atoms with Gasteiger partial charge in [0.2, 0.25) is 0 Å². The molecule has 0 spiro atoms. The van der Waals surface area contributed by atoms with Crippen molar-refractivity contribution in [3.63, 3.8) is 0 Å². The minimum absolute atomic E-state index is 0.0207. The van der Waals surface area contributed by atoms with Gasteiger partial charge in [-0.2, -0.15) is 0 Å². The fourth-order valence-electron chi connectivity index (χ4n) is 1.27. The third-order valence-corrected chi connectivity index (χ3v) is 2.48. The molecule has 0 fully saturated rings. The van der Waals surface area contributed by atoms with E-state index < -0.39 is 0 Å². The van der Waals surface area contributed by atoms with Crippen molar-refractivity contribution < 1.29 is 4.74 Å². The number of rotatable bonds is 2. The molecule has 3 heteroatoms. The summed E-state index contributed by atoms with van der Waals surface area (Å²) in [5.74, 6) is 0.753. The highest BCUT2D eigenvalue weighted by Crippen LogP contribution is 2.28. The van der Waals surface area contributed by atoms with Crippen molar-refractivity contribution in [2.75, 3.05) is 7.11 Å². The lowest BCUT2D eigenvalue weighted by atomic mass is 10.0. The molecule has 1 atom stereocenters. The van der Waals surface area contributed by atoms with E-state index in [9.17, 15) is 0 Å². The monoisotopic (exact) mass is 199 g/mol. The van der Waals surface area contributed by atoms with Crippen LogP contribution in [0.1, 0.15) is 24.1 Å². The Balaban J connectivity index is 3.25. The van der Waals surface area contributed by atoms with Gasteiger partial charge in [0.1, 0.15) is 5.75 Å². The first-order valence-corrected chi connectivity index (χ1v) is 4.53. The van der Waals surface area contributed by atoms with Gasteiger partial charge < -0.3 is 10.5 Å². The van der Waals surface area contributed by atoms with Crippen LogP contribution < -0.4 is 10.5 Å². The standard InChI is InChI=1S/C10H14ClNO/c1-6-9(7(2)12)4-8(13-3)5-10(6)11/h4-5,7H,12H2,1-3H3. The van der Waals surface area contributed by atoms with Crippen molar-refractivity contribution in [3.8, 4) is 5.75 Å². The second-order valence-corrected chi connectivity index (χ2v) is 3.52. The lowest BCUT2D eigenvalue weighted by Crippen LogP contribution is -2.07. The van der Waals surface area contributed by atoms with Crippen LogP contribution in [0.3, 0.4) is 0 Å². The summed E-state index contributed by atoms with van der Waals surface area (Å²) < 4.78 is 5.10. The average Bonchev–Trinajstić information content (AvgIpc) is 2.09. The summed E-state index contributed by atoms with van der Waals surface area (Å²) in [5.41, 5.74) is 7.85. The lowest BCUT2D eigenvalue weighted by Gasteiger charge is -2.13. The highest BCUT2D eigenvalue weighted by molar-refractivity contribution is 6.31. The molecule has 0 radical (unpaired) electrons. The second kappa shape index (κ2) is 3.99. The Morgan fingerprint density at radius 2 is 2.08 bits per heavy atom. The van der Waals surface area contributed by atoms with Gasteiger partial charge >= 0.3 is 0 Å². The van der Waals surface area contributed by atoms with Crippen molar-refractivity contribution in [2.45, 2.75) is 19.9 Å². The van der Waals surface area contributed by atoms with Gasteiger partial charge in [-0.05, 0) is 37.1 Å². The normalized spacial score (nSPS) is 12.7. The third kappa shape index (κ3) is 2.14. The molecular formula is C10H14ClNO. The van der Waals surface area contributed by atoms with Crippen LogP contribution in [-0.2, 0) is 0 Å². The van der Waals surface area contributed by atoms with Crippen molar-refractivity contribution in [2.24, 2.45) is 5.73 Å². The summed E-state index contributed by atoms with van der Waals surface area (Å²) in [4.78, 5) is 0. The van der Waals surface area contributed by atoms with Crippen LogP contribution in [0.25, 0.3) is 0 Å². The maximum Gasteiger partial charge on any atom is 0.120 e. The second-order valence-electron chi connectivity index (χ2n) is 3.11. The van der Waals surface area contributed by atoms with Crippen LogP contribution in [0, 0.1) is 6.92 Å². The van der Waals surface area contributed by atoms with Gasteiger partial charge in [0.15, 0.2) is 0 Å². The smallest absolute Gasteiger partial charge is 0.120 e. The largest absolute Gasteiger partial charge is 0.497 e. The number of halogens is 1. The van der Waals surface area contributed by atoms with Crippen molar-refractivity contribution in [1.82, 2.24) is 0 Å². The fourth-order valence-corrected chi connectivity index (χ4v) is 1.48. The van der Waals surface area contributed by atoms with E-state index in [-0.39, 0.29) is 6.04 Å². The van der Waals surface area contributed by atoms with E-state index in [0.29, 0.717) is 5.02 Å². The van der Waals surface area contributed by atoms with E-state index in [1.165, 1.54) is 0 Å². The first-order chi connectivity index (χ1) is 6.06. The first kappa shape index (κ1) is 10.4. The van der Waals surface area contributed by atoms with E-state index >= 15 is 0 Å². The number of benzene rings is 1. The maximum absolute atomic E-state index is 6.01. The third-order valence-electron chi connectivity index (χ3n) is 2.08. The molecular weight excluding hydrogens is 186 g/mol. The molecule has 0 saturated carbocycles. The zero-order valence-electron chi connectivity index (χ0n) is 8.10. The van der Waals surface area contributed by atoms with Crippen LogP contribution in [0.15, 0.2) is 12.1 Å². The van der Waals surface area contributed by atoms with Gasteiger partial charge in [0.25, 0.3) is 0 Å². The molecule has 1 aromatic carbocycles. The molecule has 0 saturated heterocycles. The predicted molar refractivity (Wildman–Crippen MR) is 55.3 cm³/mol. The molecule has 1 rings (SSSR count). The molecule has 0 heterocycles. The van der Waals surface area contributed by atoms with Gasteiger partial charge in [0, 0.05) is 11.1 Å². The van der Waals surface area contributed by atoms with Gasteiger partial charge in [-0.1, -0.05) is 11.6 Å². The van der Waals surface area contributed by atoms with Crippen LogP contribution in [0.5, 0.6) is 5.75 Å². The van der Waals surface area contributed by atoms with Crippen LogP contribution >= 0.6 is 11.6 Å². The zero-order chi connectivity index (χ0) is 10.0. The fraction of sp³-hybridized carbons (Fsp3) is 0.400. The first-order valence-electron chi connectivity index (χ1n) is 4.16. The number of methoxy groups -OCH3 is 1. The lowest BCUT2D eigenvalue weighted by molar-refractivity contribution is 0.414. The molecule has 2 nitrogen and oxygen atoms in total. The Morgan fingerprint density at radius 3 is 2.54 bits per heavy atom. The maximum atomic E-state index is 6.01. The molecule has 72 valence electrons. The number of hydrogen-bond acceptors (Lipinski definition) is 2. The molecule has 1 unspecified atom stereocenters. The predicted octanol–water partition coefficient (Wildman–Crippen LogP) is 2.68. The summed E-state index contributed by atoms with van der Waals surface area (Å²) in [5, 5.41) is 0.701. The molecule has 0 aromatic heterocycles. The SMILES string of the molecule is COc1cc(Cl)c(C)c(C(C)N)c1. The topological polar surface area (TPSA) is 35.2 Å². The van der Waals surface area contributed by atoms with Crippen molar-refractivity contribution in [3.05, 3.63) is 28.3 Å². The molecule has 0 aliphatic carbocycles. The molecule has 0 aliphatic rings. The summed E-state index contributed by atoms with van der Waals surface area (Å²) in [6.07, 6.45) is 0. The van der Waals surface area contributed by atoms with Gasteiger partial charge in [-0.15, -0.1) is 0 Å². The quantitative estimate of drug-likeness (QED) is 0.795. The summed E-state index contributed by atoms with van der Waals surface area (Å²) in [7, 11) is 1.62. The average molecular weight is 200 g/mol. The summed E-state index contributed by atoms with van der Waals surface area (Å²) in [6, 6.07) is 3.70. The Hall–Kier alpha value is -0.730. The highest BCUT2D eigenvalue weighted by Gasteiger charge is 2.09. The molecule has 0 amide bonds. The number of nitrogens with two attached hydrogens (primary N) is 1. The van der Waals surface area contributed by atoms with Crippen molar-refractivity contribution >= 4 is 11.6 Å². The van der Waals surface area contributed by atoms with Crippen LogP contribution in [0.4, 0.5) is 0 Å². The number of ether oxygens (including phenoxy) is 1. The highest BCUT2D eigenvalue weighted by atomic mass is 35.5. The summed E-state index contributed by atoms with van der Waals surface area (Å²) >= 11 is 6.01. The molecule has 0 bridgehead atoms. The van der Waals surface area contributed by atoms with Crippen molar-refractivity contribution in [1.29, 1.82) is 0 Å². The molecule has 13 heavy (non-hydrogen) atoms. The minimum atomic E-state index is -0.0207. The Kier molecular flexibility index (Phi) is 3.17. The zero-order valence-corrected chi connectivity index (χ0v) is 8.85. The van der Waals surface area contributed by atoms with Crippen LogP contribution in [0.2, 0.25) is 5.02 Å². The van der Waals surface area contributed by atoms with E-state index in [1.807, 2.05) is 19.9 Å². The summed E-state index contributed by atoms with van der Waals surface area (Å²) in [6.45, 7) is 3.89. The van der Waals surface area contributed by atoms with E-state index in [1.54, 1.807) is 13.2 Å². The van der Waals surface area contributed by atoms with Gasteiger partial charge in [-0.25, -0.2) is 0 Å².